The van der Waals surface area contributed by atoms with E-state index in [1.165, 1.54) is 16.4 Å². The van der Waals surface area contributed by atoms with E-state index in [-0.39, 0.29) is 10.5 Å². The van der Waals surface area contributed by atoms with E-state index in [4.69, 9.17) is 11.6 Å². The Morgan fingerprint density at radius 3 is 2.58 bits per heavy atom. The van der Waals surface area contributed by atoms with Gasteiger partial charge in [-0.3, -0.25) is 4.79 Å². The van der Waals surface area contributed by atoms with Gasteiger partial charge in [0.1, 0.15) is 0 Å². The van der Waals surface area contributed by atoms with Crippen molar-refractivity contribution < 1.29 is 13.2 Å². The van der Waals surface area contributed by atoms with E-state index in [0.717, 1.165) is 18.4 Å². The molecule has 0 aromatic heterocycles. The highest BCUT2D eigenvalue weighted by atomic mass is 35.5. The van der Waals surface area contributed by atoms with Gasteiger partial charge in [0.25, 0.3) is 5.91 Å². The maximum atomic E-state index is 12.6. The van der Waals surface area contributed by atoms with E-state index < -0.39 is 15.9 Å². The van der Waals surface area contributed by atoms with Gasteiger partial charge in [-0.25, -0.2) is 12.7 Å². The number of nitrogens with one attached hydrogen (secondary N) is 1. The van der Waals surface area contributed by atoms with Gasteiger partial charge in [-0.05, 0) is 49.2 Å². The topological polar surface area (TPSA) is 66.5 Å². The zero-order valence-electron chi connectivity index (χ0n) is 15.1. The van der Waals surface area contributed by atoms with Crippen molar-refractivity contribution in [2.75, 3.05) is 18.9 Å². The van der Waals surface area contributed by atoms with Gasteiger partial charge >= 0.3 is 0 Å². The highest BCUT2D eigenvalue weighted by Crippen LogP contribution is 2.21. The van der Waals surface area contributed by atoms with Crippen molar-refractivity contribution in [1.29, 1.82) is 0 Å². The summed E-state index contributed by atoms with van der Waals surface area (Å²) in [4.78, 5) is 12.6. The summed E-state index contributed by atoms with van der Waals surface area (Å²) >= 11 is 6.07. The van der Waals surface area contributed by atoms with Crippen molar-refractivity contribution in [3.05, 3.63) is 58.6 Å². The molecule has 0 saturated heterocycles. The summed E-state index contributed by atoms with van der Waals surface area (Å²) in [6.45, 7) is 4.32. The molecular weight excluding hydrogens is 372 g/mol. The van der Waals surface area contributed by atoms with Crippen LogP contribution in [-0.4, -0.2) is 32.2 Å². The molecule has 2 aromatic rings. The molecule has 0 fully saturated rings. The molecule has 2 rings (SSSR count). The first-order chi connectivity index (χ1) is 12.3. The highest BCUT2D eigenvalue weighted by Gasteiger charge is 2.21. The standard InChI is InChI=1S/C19H23ClN2O3S/c1-4-5-11-22(3)26(24,25)17-8-6-7-15(12-17)19(23)21-16-10-9-14(2)18(20)13-16/h6-10,12-13H,4-5,11H2,1-3H3,(H,21,23). The molecule has 0 saturated carbocycles. The molecule has 7 heteroatoms. The molecule has 1 N–H and O–H groups in total. The lowest BCUT2D eigenvalue weighted by Gasteiger charge is -2.17. The first-order valence-corrected chi connectivity index (χ1v) is 10.2. The predicted molar refractivity (Wildman–Crippen MR) is 105 cm³/mol. The third-order valence-electron chi connectivity index (χ3n) is 4.06. The van der Waals surface area contributed by atoms with Crippen molar-refractivity contribution in [2.45, 2.75) is 31.6 Å². The molecule has 0 aliphatic heterocycles. The number of hydrogen-bond donors (Lipinski definition) is 1. The SMILES string of the molecule is CCCCN(C)S(=O)(=O)c1cccc(C(=O)Nc2ccc(C)c(Cl)c2)c1. The van der Waals surface area contributed by atoms with Crippen LogP contribution in [0.2, 0.25) is 5.02 Å². The van der Waals surface area contributed by atoms with Crippen LogP contribution in [-0.2, 0) is 10.0 Å². The van der Waals surface area contributed by atoms with Gasteiger partial charge in [0.05, 0.1) is 4.90 Å². The molecule has 5 nitrogen and oxygen atoms in total. The van der Waals surface area contributed by atoms with Crippen molar-refractivity contribution >= 4 is 33.2 Å². The number of sulfonamides is 1. The number of carbonyl (C=O) groups excluding carboxylic acids is 1. The Balaban J connectivity index is 2.22. The van der Waals surface area contributed by atoms with Gasteiger partial charge in [0.15, 0.2) is 0 Å². The molecule has 1 amide bonds. The Bertz CT molecular complexity index is 897. The van der Waals surface area contributed by atoms with Gasteiger partial charge in [0.2, 0.25) is 10.0 Å². The number of unbranched alkanes of at least 4 members (excludes halogenated alkanes) is 1. The number of halogens is 1. The van der Waals surface area contributed by atoms with Crippen molar-refractivity contribution in [2.24, 2.45) is 0 Å². The molecule has 0 heterocycles. The molecule has 140 valence electrons. The highest BCUT2D eigenvalue weighted by molar-refractivity contribution is 7.89. The number of carbonyl (C=O) groups is 1. The van der Waals surface area contributed by atoms with Crippen LogP contribution in [0.4, 0.5) is 5.69 Å². The fourth-order valence-electron chi connectivity index (χ4n) is 2.35. The quantitative estimate of drug-likeness (QED) is 0.760. The summed E-state index contributed by atoms with van der Waals surface area (Å²) in [5.41, 5.74) is 1.73. The van der Waals surface area contributed by atoms with Crippen LogP contribution in [0.15, 0.2) is 47.4 Å². The number of hydrogen-bond acceptors (Lipinski definition) is 3. The summed E-state index contributed by atoms with van der Waals surface area (Å²) in [6.07, 6.45) is 1.69. The molecule has 0 aliphatic rings. The van der Waals surface area contributed by atoms with E-state index in [9.17, 15) is 13.2 Å². The Hall–Kier alpha value is -1.89. The lowest BCUT2D eigenvalue weighted by atomic mass is 10.2. The molecule has 0 radical (unpaired) electrons. The Kier molecular flexibility index (Phi) is 6.81. The summed E-state index contributed by atoms with van der Waals surface area (Å²) in [7, 11) is -2.07. The maximum Gasteiger partial charge on any atom is 0.255 e. The average Bonchev–Trinajstić information content (AvgIpc) is 2.62. The normalized spacial score (nSPS) is 11.6. The van der Waals surface area contributed by atoms with E-state index >= 15 is 0 Å². The second-order valence-electron chi connectivity index (χ2n) is 6.13. The van der Waals surface area contributed by atoms with Crippen LogP contribution in [0.5, 0.6) is 0 Å². The molecule has 2 aromatic carbocycles. The number of benzene rings is 2. The van der Waals surface area contributed by atoms with Crippen molar-refractivity contribution in [3.8, 4) is 0 Å². The fourth-order valence-corrected chi connectivity index (χ4v) is 3.79. The molecular formula is C19H23ClN2O3S. The molecule has 0 bridgehead atoms. The minimum atomic E-state index is -3.62. The number of anilines is 1. The summed E-state index contributed by atoms with van der Waals surface area (Å²) in [5, 5.41) is 3.29. The Labute approximate surface area is 160 Å². The molecule has 0 spiro atoms. The van der Waals surface area contributed by atoms with E-state index in [2.05, 4.69) is 5.32 Å². The van der Waals surface area contributed by atoms with Gasteiger partial charge < -0.3 is 5.32 Å². The van der Waals surface area contributed by atoms with Gasteiger partial charge in [-0.2, -0.15) is 0 Å². The van der Waals surface area contributed by atoms with E-state index in [1.807, 2.05) is 19.9 Å². The Morgan fingerprint density at radius 2 is 1.92 bits per heavy atom. The van der Waals surface area contributed by atoms with Crippen LogP contribution in [0.1, 0.15) is 35.7 Å². The molecule has 0 aliphatic carbocycles. The predicted octanol–water partition coefficient (Wildman–Crippen LogP) is 4.32. The largest absolute Gasteiger partial charge is 0.322 e. The van der Waals surface area contributed by atoms with E-state index in [1.54, 1.807) is 31.3 Å². The molecule has 0 unspecified atom stereocenters. The lowest BCUT2D eigenvalue weighted by molar-refractivity contribution is 0.102. The molecule has 26 heavy (non-hydrogen) atoms. The zero-order chi connectivity index (χ0) is 19.3. The summed E-state index contributed by atoms with van der Waals surface area (Å²) < 4.78 is 26.6. The Morgan fingerprint density at radius 1 is 1.19 bits per heavy atom. The first-order valence-electron chi connectivity index (χ1n) is 8.39. The van der Waals surface area contributed by atoms with E-state index in [0.29, 0.717) is 17.3 Å². The monoisotopic (exact) mass is 394 g/mol. The third kappa shape index (κ3) is 4.84. The van der Waals surface area contributed by atoms with Crippen LogP contribution in [0.25, 0.3) is 0 Å². The van der Waals surface area contributed by atoms with Gasteiger partial charge in [0, 0.05) is 29.9 Å². The first kappa shape index (κ1) is 20.4. The number of aryl methyl sites for hydroxylation is 1. The summed E-state index contributed by atoms with van der Waals surface area (Å²) in [5.74, 6) is -0.391. The second kappa shape index (κ2) is 8.66. The lowest BCUT2D eigenvalue weighted by Crippen LogP contribution is -2.28. The number of nitrogens with zero attached hydrogens (tertiary/aromatic N) is 1. The summed E-state index contributed by atoms with van der Waals surface area (Å²) in [6, 6.07) is 11.3. The minimum absolute atomic E-state index is 0.102. The maximum absolute atomic E-state index is 12.6. The van der Waals surface area contributed by atoms with Gasteiger partial charge in [-0.15, -0.1) is 0 Å². The smallest absolute Gasteiger partial charge is 0.255 e. The van der Waals surface area contributed by atoms with Crippen LogP contribution >= 0.6 is 11.6 Å². The third-order valence-corrected chi connectivity index (χ3v) is 6.32. The average molecular weight is 395 g/mol. The van der Waals surface area contributed by atoms with Crippen LogP contribution in [0, 0.1) is 6.92 Å². The minimum Gasteiger partial charge on any atom is -0.322 e. The fraction of sp³-hybridized carbons (Fsp3) is 0.316. The van der Waals surface area contributed by atoms with Crippen molar-refractivity contribution in [1.82, 2.24) is 4.31 Å². The van der Waals surface area contributed by atoms with Gasteiger partial charge in [-0.1, -0.05) is 37.1 Å². The van der Waals surface area contributed by atoms with Crippen molar-refractivity contribution in [3.63, 3.8) is 0 Å². The molecule has 0 atom stereocenters. The zero-order valence-corrected chi connectivity index (χ0v) is 16.7. The van der Waals surface area contributed by atoms with Crippen LogP contribution < -0.4 is 5.32 Å². The number of amides is 1. The van der Waals surface area contributed by atoms with Crippen LogP contribution in [0.3, 0.4) is 0 Å². The number of rotatable bonds is 7. The second-order valence-corrected chi connectivity index (χ2v) is 8.58.